The van der Waals surface area contributed by atoms with Gasteiger partial charge in [-0.05, 0) is 31.5 Å². The third-order valence-electron chi connectivity index (χ3n) is 4.19. The second-order valence-electron chi connectivity index (χ2n) is 5.70. The second kappa shape index (κ2) is 6.51. The maximum absolute atomic E-state index is 6.39. The summed E-state index contributed by atoms with van der Waals surface area (Å²) in [4.78, 5) is 5.00. The average Bonchev–Trinajstić information content (AvgIpc) is 2.39. The number of piperazine rings is 1. The average molecular weight is 261 g/mol. The molecule has 0 amide bonds. The summed E-state index contributed by atoms with van der Waals surface area (Å²) < 4.78 is 0. The van der Waals surface area contributed by atoms with Crippen LogP contribution in [0, 0.1) is 13.8 Å². The maximum atomic E-state index is 6.39. The largest absolute Gasteiger partial charge is 0.323 e. The van der Waals surface area contributed by atoms with Crippen LogP contribution in [0.2, 0.25) is 0 Å². The van der Waals surface area contributed by atoms with Crippen LogP contribution < -0.4 is 5.73 Å². The first-order valence-electron chi connectivity index (χ1n) is 7.37. The van der Waals surface area contributed by atoms with Gasteiger partial charge in [-0.1, -0.05) is 30.7 Å². The zero-order valence-corrected chi connectivity index (χ0v) is 12.5. The van der Waals surface area contributed by atoms with Crippen LogP contribution in [0.15, 0.2) is 18.2 Å². The summed E-state index contributed by atoms with van der Waals surface area (Å²) in [5, 5.41) is 0. The highest BCUT2D eigenvalue weighted by molar-refractivity contribution is 5.32. The molecule has 1 saturated heterocycles. The van der Waals surface area contributed by atoms with Gasteiger partial charge in [-0.2, -0.15) is 0 Å². The van der Waals surface area contributed by atoms with E-state index in [1.165, 1.54) is 29.8 Å². The highest BCUT2D eigenvalue weighted by Gasteiger charge is 2.18. The lowest BCUT2D eigenvalue weighted by molar-refractivity contribution is 0.131. The first-order valence-corrected chi connectivity index (χ1v) is 7.37. The Morgan fingerprint density at radius 2 is 1.74 bits per heavy atom. The summed E-state index contributed by atoms with van der Waals surface area (Å²) in [6.45, 7) is 13.3. The van der Waals surface area contributed by atoms with Crippen molar-refractivity contribution in [2.75, 3.05) is 39.3 Å². The Labute approximate surface area is 117 Å². The molecule has 1 aliphatic heterocycles. The van der Waals surface area contributed by atoms with Gasteiger partial charge in [0.2, 0.25) is 0 Å². The van der Waals surface area contributed by atoms with Crippen molar-refractivity contribution in [2.24, 2.45) is 5.73 Å². The van der Waals surface area contributed by atoms with E-state index in [2.05, 4.69) is 48.8 Å². The van der Waals surface area contributed by atoms with Crippen LogP contribution in [0.25, 0.3) is 0 Å². The Morgan fingerprint density at radius 1 is 1.11 bits per heavy atom. The molecule has 1 unspecified atom stereocenters. The van der Waals surface area contributed by atoms with Crippen LogP contribution in [0.1, 0.15) is 29.7 Å². The number of rotatable bonds is 4. The van der Waals surface area contributed by atoms with E-state index in [1.54, 1.807) is 0 Å². The lowest BCUT2D eigenvalue weighted by Gasteiger charge is -2.35. The monoisotopic (exact) mass is 261 g/mol. The first kappa shape index (κ1) is 14.5. The fourth-order valence-electron chi connectivity index (χ4n) is 2.91. The van der Waals surface area contributed by atoms with Gasteiger partial charge in [0.05, 0.1) is 0 Å². The van der Waals surface area contributed by atoms with Gasteiger partial charge >= 0.3 is 0 Å². The van der Waals surface area contributed by atoms with E-state index in [9.17, 15) is 0 Å². The summed E-state index contributed by atoms with van der Waals surface area (Å²) in [5.41, 5.74) is 10.3. The molecule has 1 fully saturated rings. The fraction of sp³-hybridized carbons (Fsp3) is 0.625. The molecule has 1 atom stereocenters. The molecule has 0 aliphatic carbocycles. The minimum Gasteiger partial charge on any atom is -0.323 e. The molecule has 3 nitrogen and oxygen atoms in total. The zero-order chi connectivity index (χ0) is 13.8. The van der Waals surface area contributed by atoms with Gasteiger partial charge in [0.1, 0.15) is 0 Å². The lowest BCUT2D eigenvalue weighted by atomic mass is 9.99. The smallest absolute Gasteiger partial charge is 0.0426 e. The van der Waals surface area contributed by atoms with Crippen molar-refractivity contribution >= 4 is 0 Å². The number of aryl methyl sites for hydroxylation is 2. The van der Waals surface area contributed by atoms with Gasteiger partial charge in [-0.3, -0.25) is 4.90 Å². The number of nitrogens with zero attached hydrogens (tertiary/aromatic N) is 2. The molecule has 2 N–H and O–H groups in total. The van der Waals surface area contributed by atoms with Crippen molar-refractivity contribution in [3.63, 3.8) is 0 Å². The van der Waals surface area contributed by atoms with E-state index < -0.39 is 0 Å². The predicted molar refractivity (Wildman–Crippen MR) is 81.4 cm³/mol. The van der Waals surface area contributed by atoms with Crippen molar-refractivity contribution in [2.45, 2.75) is 26.8 Å². The molecule has 3 heteroatoms. The summed E-state index contributed by atoms with van der Waals surface area (Å²) in [6.07, 6.45) is 0. The molecular formula is C16H27N3. The van der Waals surface area contributed by atoms with E-state index in [0.29, 0.717) is 0 Å². The van der Waals surface area contributed by atoms with Crippen molar-refractivity contribution in [3.05, 3.63) is 34.9 Å². The minimum absolute atomic E-state index is 0.133. The zero-order valence-electron chi connectivity index (χ0n) is 12.5. The van der Waals surface area contributed by atoms with Crippen molar-refractivity contribution in [1.29, 1.82) is 0 Å². The Bertz CT molecular complexity index is 408. The van der Waals surface area contributed by atoms with Crippen LogP contribution in [0.5, 0.6) is 0 Å². The van der Waals surface area contributed by atoms with Crippen molar-refractivity contribution in [1.82, 2.24) is 9.80 Å². The summed E-state index contributed by atoms with van der Waals surface area (Å²) in [5.74, 6) is 0. The molecule has 19 heavy (non-hydrogen) atoms. The molecule has 0 saturated carbocycles. The Kier molecular flexibility index (Phi) is 4.97. The van der Waals surface area contributed by atoms with Gasteiger partial charge in [0.15, 0.2) is 0 Å². The van der Waals surface area contributed by atoms with E-state index in [-0.39, 0.29) is 6.04 Å². The van der Waals surface area contributed by atoms with Crippen molar-refractivity contribution in [3.8, 4) is 0 Å². The van der Waals surface area contributed by atoms with Gasteiger partial charge < -0.3 is 10.6 Å². The standard InChI is InChI=1S/C16H27N3/c1-4-18-7-9-19(10-8-18)12-16(17)15-6-5-13(2)11-14(15)3/h5-6,11,16H,4,7-10,12,17H2,1-3H3. The number of hydrogen-bond donors (Lipinski definition) is 1. The third-order valence-corrected chi connectivity index (χ3v) is 4.19. The predicted octanol–water partition coefficient (Wildman–Crippen LogP) is 1.94. The molecule has 1 aromatic rings. The molecule has 106 valence electrons. The Morgan fingerprint density at radius 3 is 2.32 bits per heavy atom. The van der Waals surface area contributed by atoms with Gasteiger partial charge in [0, 0.05) is 38.8 Å². The van der Waals surface area contributed by atoms with Gasteiger partial charge in [-0.15, -0.1) is 0 Å². The van der Waals surface area contributed by atoms with Crippen LogP contribution in [-0.4, -0.2) is 49.1 Å². The molecule has 1 heterocycles. The van der Waals surface area contributed by atoms with Crippen molar-refractivity contribution < 1.29 is 0 Å². The number of likely N-dealkylation sites (N-methyl/N-ethyl adjacent to an activating group) is 1. The quantitative estimate of drug-likeness (QED) is 0.899. The second-order valence-corrected chi connectivity index (χ2v) is 5.70. The van der Waals surface area contributed by atoms with Crippen LogP contribution in [0.3, 0.4) is 0 Å². The van der Waals surface area contributed by atoms with Gasteiger partial charge in [0.25, 0.3) is 0 Å². The fourth-order valence-corrected chi connectivity index (χ4v) is 2.91. The molecular weight excluding hydrogens is 234 g/mol. The third kappa shape index (κ3) is 3.78. The number of nitrogens with two attached hydrogens (primary N) is 1. The van der Waals surface area contributed by atoms with Crippen LogP contribution >= 0.6 is 0 Å². The lowest BCUT2D eigenvalue weighted by Crippen LogP contribution is -2.48. The molecule has 0 bridgehead atoms. The Hall–Kier alpha value is -0.900. The summed E-state index contributed by atoms with van der Waals surface area (Å²) in [6, 6.07) is 6.72. The van der Waals surface area contributed by atoms with Crippen LogP contribution in [-0.2, 0) is 0 Å². The molecule has 0 aromatic heterocycles. The molecule has 2 rings (SSSR count). The normalized spacial score (nSPS) is 19.6. The maximum Gasteiger partial charge on any atom is 0.0426 e. The molecule has 1 aromatic carbocycles. The molecule has 1 aliphatic rings. The highest BCUT2D eigenvalue weighted by Crippen LogP contribution is 2.18. The topological polar surface area (TPSA) is 32.5 Å². The van der Waals surface area contributed by atoms with E-state index in [0.717, 1.165) is 26.2 Å². The molecule has 0 spiro atoms. The van der Waals surface area contributed by atoms with E-state index >= 15 is 0 Å². The summed E-state index contributed by atoms with van der Waals surface area (Å²) >= 11 is 0. The summed E-state index contributed by atoms with van der Waals surface area (Å²) in [7, 11) is 0. The number of benzene rings is 1. The van der Waals surface area contributed by atoms with E-state index in [4.69, 9.17) is 5.73 Å². The van der Waals surface area contributed by atoms with E-state index in [1.807, 2.05) is 0 Å². The van der Waals surface area contributed by atoms with Gasteiger partial charge in [-0.25, -0.2) is 0 Å². The minimum atomic E-state index is 0.133. The van der Waals surface area contributed by atoms with Crippen LogP contribution in [0.4, 0.5) is 0 Å². The SMILES string of the molecule is CCN1CCN(CC(N)c2ccc(C)cc2C)CC1. The molecule has 0 radical (unpaired) electrons. The first-order chi connectivity index (χ1) is 9.10. The Balaban J connectivity index is 1.92. The highest BCUT2D eigenvalue weighted by atomic mass is 15.3. The number of hydrogen-bond acceptors (Lipinski definition) is 3.